The summed E-state index contributed by atoms with van der Waals surface area (Å²) in [6, 6.07) is 13.8. The maximum Gasteiger partial charge on any atom is 0.161 e. The summed E-state index contributed by atoms with van der Waals surface area (Å²) in [5.41, 5.74) is 5.53. The molecule has 0 saturated carbocycles. The number of likely N-dealkylation sites (N-methyl/N-ethyl adjacent to an activating group) is 1. The first kappa shape index (κ1) is 23.7. The molecular weight excluding hydrogens is 477 g/mol. The maximum absolute atomic E-state index is 10.2. The third-order valence-electron chi connectivity index (χ3n) is 5.65. The van der Waals surface area contributed by atoms with Gasteiger partial charge >= 0.3 is 0 Å². The van der Waals surface area contributed by atoms with Gasteiger partial charge in [-0.15, -0.1) is 11.8 Å². The van der Waals surface area contributed by atoms with Gasteiger partial charge in [0.25, 0.3) is 0 Å². The fourth-order valence-corrected chi connectivity index (χ4v) is 5.24. The smallest absolute Gasteiger partial charge is 0.161 e. The minimum absolute atomic E-state index is 0.516. The second kappa shape index (κ2) is 10.2. The van der Waals surface area contributed by atoms with Crippen LogP contribution in [0.25, 0.3) is 11.1 Å². The highest BCUT2D eigenvalue weighted by Gasteiger charge is 2.25. The zero-order chi connectivity index (χ0) is 23.5. The number of hydrogen-bond donors (Lipinski definition) is 0. The molecule has 1 aliphatic rings. The maximum atomic E-state index is 10.2. The molecule has 0 fully saturated rings. The molecule has 1 aliphatic heterocycles. The van der Waals surface area contributed by atoms with Crippen molar-refractivity contribution in [1.82, 2.24) is 9.88 Å². The molecule has 1 aromatic heterocycles. The van der Waals surface area contributed by atoms with Crippen molar-refractivity contribution in [3.8, 4) is 28.7 Å². The first-order valence-corrected chi connectivity index (χ1v) is 12.1. The topological polar surface area (TPSA) is 58.4 Å². The van der Waals surface area contributed by atoms with E-state index in [1.165, 1.54) is 11.8 Å². The van der Waals surface area contributed by atoms with Gasteiger partial charge < -0.3 is 14.4 Å². The predicted octanol–water partition coefficient (Wildman–Crippen LogP) is 6.22. The van der Waals surface area contributed by atoms with Crippen LogP contribution < -0.4 is 9.47 Å². The number of thioether (sulfide) groups is 1. The molecule has 0 spiro atoms. The lowest BCUT2D eigenvalue weighted by atomic mass is 9.91. The minimum atomic E-state index is 0.516. The van der Waals surface area contributed by atoms with E-state index in [1.807, 2.05) is 30.3 Å². The second-order valence-electron chi connectivity index (χ2n) is 7.80. The molecule has 0 radical (unpaired) electrons. The molecule has 170 valence electrons. The van der Waals surface area contributed by atoms with Gasteiger partial charge in [-0.2, -0.15) is 5.26 Å². The molecule has 5 nitrogen and oxygen atoms in total. The molecule has 4 rings (SSSR count). The number of nitrogens with zero attached hydrogens (tertiary/aromatic N) is 3. The molecule has 0 aliphatic carbocycles. The van der Waals surface area contributed by atoms with Gasteiger partial charge in [-0.25, -0.2) is 4.98 Å². The van der Waals surface area contributed by atoms with E-state index in [0.29, 0.717) is 32.9 Å². The van der Waals surface area contributed by atoms with E-state index in [2.05, 4.69) is 18.0 Å². The van der Waals surface area contributed by atoms with Gasteiger partial charge in [0, 0.05) is 36.5 Å². The van der Waals surface area contributed by atoms with Crippen molar-refractivity contribution in [1.29, 1.82) is 5.26 Å². The highest BCUT2D eigenvalue weighted by atomic mass is 35.5. The fraction of sp³-hybridized carbons (Fsp3) is 0.280. The van der Waals surface area contributed by atoms with Crippen LogP contribution in [-0.2, 0) is 18.7 Å². The number of halogens is 2. The average Bonchev–Trinajstić information content (AvgIpc) is 2.83. The van der Waals surface area contributed by atoms with Crippen molar-refractivity contribution in [3.05, 3.63) is 68.8 Å². The summed E-state index contributed by atoms with van der Waals surface area (Å²) in [4.78, 5) is 7.18. The Balaban J connectivity index is 1.82. The van der Waals surface area contributed by atoms with E-state index in [9.17, 15) is 5.26 Å². The van der Waals surface area contributed by atoms with Crippen LogP contribution in [0.2, 0.25) is 10.0 Å². The number of rotatable bonds is 6. The van der Waals surface area contributed by atoms with Crippen LogP contribution in [0.15, 0.2) is 41.4 Å². The minimum Gasteiger partial charge on any atom is -0.493 e. The Bertz CT molecular complexity index is 1240. The number of pyridine rings is 1. The summed E-state index contributed by atoms with van der Waals surface area (Å²) in [7, 11) is 5.31. The number of fused-ring (bicyclic) bond motifs is 1. The van der Waals surface area contributed by atoms with Gasteiger partial charge in [0.1, 0.15) is 11.1 Å². The molecule has 0 amide bonds. The van der Waals surface area contributed by atoms with Crippen molar-refractivity contribution >= 4 is 35.0 Å². The Morgan fingerprint density at radius 1 is 1.09 bits per heavy atom. The lowest BCUT2D eigenvalue weighted by molar-refractivity contribution is 0.309. The molecule has 2 heterocycles. The van der Waals surface area contributed by atoms with E-state index in [1.54, 1.807) is 20.3 Å². The number of nitriles is 1. The highest BCUT2D eigenvalue weighted by Crippen LogP contribution is 2.41. The largest absolute Gasteiger partial charge is 0.493 e. The van der Waals surface area contributed by atoms with Gasteiger partial charge in [-0.05, 0) is 48.0 Å². The molecular formula is C25H23Cl2N3O2S. The number of ether oxygens (including phenoxy) is 2. The Kier molecular flexibility index (Phi) is 7.35. The van der Waals surface area contributed by atoms with Crippen LogP contribution in [0.5, 0.6) is 11.5 Å². The summed E-state index contributed by atoms with van der Waals surface area (Å²) in [5, 5.41) is 12.0. The summed E-state index contributed by atoms with van der Waals surface area (Å²) >= 11 is 13.8. The fourth-order valence-electron chi connectivity index (χ4n) is 3.97. The van der Waals surface area contributed by atoms with Crippen molar-refractivity contribution in [3.63, 3.8) is 0 Å². The van der Waals surface area contributed by atoms with Crippen molar-refractivity contribution in [2.45, 2.75) is 23.7 Å². The van der Waals surface area contributed by atoms with Crippen molar-refractivity contribution < 1.29 is 9.47 Å². The van der Waals surface area contributed by atoms with Gasteiger partial charge in [-0.1, -0.05) is 35.3 Å². The molecule has 8 heteroatoms. The first-order valence-electron chi connectivity index (χ1n) is 10.4. The number of methoxy groups -OCH3 is 2. The van der Waals surface area contributed by atoms with Crippen LogP contribution in [-0.4, -0.2) is 37.7 Å². The molecule has 3 aromatic rings. The molecule has 33 heavy (non-hydrogen) atoms. The quantitative estimate of drug-likeness (QED) is 0.375. The summed E-state index contributed by atoms with van der Waals surface area (Å²) in [6.07, 6.45) is 0.832. The molecule has 0 N–H and O–H groups in total. The Morgan fingerprint density at radius 2 is 1.88 bits per heavy atom. The molecule has 0 saturated heterocycles. The van der Waals surface area contributed by atoms with E-state index >= 15 is 0 Å². The Labute approximate surface area is 208 Å². The van der Waals surface area contributed by atoms with E-state index in [0.717, 1.165) is 52.5 Å². The monoisotopic (exact) mass is 499 g/mol. The lowest BCUT2D eigenvalue weighted by Crippen LogP contribution is -2.28. The van der Waals surface area contributed by atoms with E-state index in [-0.39, 0.29) is 0 Å². The molecule has 2 aromatic carbocycles. The van der Waals surface area contributed by atoms with Crippen LogP contribution in [0.3, 0.4) is 0 Å². The number of aromatic nitrogens is 1. The van der Waals surface area contributed by atoms with Crippen molar-refractivity contribution in [2.75, 3.05) is 27.8 Å². The van der Waals surface area contributed by atoms with Gasteiger partial charge in [-0.3, -0.25) is 0 Å². The standard InChI is InChI=1S/C25H23Cl2N3O2S/c1-30-9-8-21-18(13-30)24(16-5-7-22(31-2)23(11-16)32-3)17(12-28)25(29-21)33-14-15-4-6-19(26)20(27)10-15/h4-7,10-11H,8-9,13-14H2,1-3H3. The summed E-state index contributed by atoms with van der Waals surface area (Å²) in [6.45, 7) is 1.66. The SMILES string of the molecule is COc1ccc(-c2c(C#N)c(SCc3ccc(Cl)c(Cl)c3)nc3c2CN(C)CC3)cc1OC. The van der Waals surface area contributed by atoms with E-state index in [4.69, 9.17) is 37.7 Å². The second-order valence-corrected chi connectivity index (χ2v) is 9.58. The van der Waals surface area contributed by atoms with Crippen LogP contribution in [0, 0.1) is 11.3 Å². The number of hydrogen-bond acceptors (Lipinski definition) is 6. The molecule has 0 bridgehead atoms. The lowest BCUT2D eigenvalue weighted by Gasteiger charge is -2.28. The highest BCUT2D eigenvalue weighted by molar-refractivity contribution is 7.98. The summed E-state index contributed by atoms with van der Waals surface area (Å²) in [5.74, 6) is 1.90. The Hall–Kier alpha value is -2.43. The van der Waals surface area contributed by atoms with Gasteiger partial charge in [0.05, 0.1) is 29.8 Å². The molecule has 0 unspecified atom stereocenters. The molecule has 0 atom stereocenters. The summed E-state index contributed by atoms with van der Waals surface area (Å²) < 4.78 is 10.9. The van der Waals surface area contributed by atoms with Crippen LogP contribution in [0.4, 0.5) is 0 Å². The third kappa shape index (κ3) is 4.92. The Morgan fingerprint density at radius 3 is 2.58 bits per heavy atom. The van der Waals surface area contributed by atoms with Gasteiger partial charge in [0.15, 0.2) is 11.5 Å². The third-order valence-corrected chi connectivity index (χ3v) is 7.44. The average molecular weight is 500 g/mol. The van der Waals surface area contributed by atoms with Gasteiger partial charge in [0.2, 0.25) is 0 Å². The predicted molar refractivity (Wildman–Crippen MR) is 134 cm³/mol. The van der Waals surface area contributed by atoms with Crippen molar-refractivity contribution in [2.24, 2.45) is 0 Å². The zero-order valence-corrected chi connectivity index (χ0v) is 20.9. The first-order chi connectivity index (χ1) is 15.9. The van der Waals surface area contributed by atoms with Crippen LogP contribution in [0.1, 0.15) is 22.4 Å². The number of benzene rings is 2. The van der Waals surface area contributed by atoms with Crippen LogP contribution >= 0.6 is 35.0 Å². The normalized spacial score (nSPS) is 13.3. The zero-order valence-electron chi connectivity index (χ0n) is 18.6. The van der Waals surface area contributed by atoms with E-state index < -0.39 is 0 Å².